The number of alkyl halides is 3. The third-order valence-corrected chi connectivity index (χ3v) is 4.77. The van der Waals surface area contributed by atoms with E-state index in [0.29, 0.717) is 16.9 Å². The molecular formula is C16H11ClF3N5O3S. The molecule has 0 saturated carbocycles. The molecule has 0 saturated heterocycles. The maximum Gasteiger partial charge on any atom is 0.438 e. The molecule has 152 valence electrons. The highest BCUT2D eigenvalue weighted by molar-refractivity contribution is 7.17. The van der Waals surface area contributed by atoms with Crippen molar-refractivity contribution in [2.75, 3.05) is 14.2 Å². The number of rotatable bonds is 6. The van der Waals surface area contributed by atoms with E-state index in [1.807, 2.05) is 0 Å². The summed E-state index contributed by atoms with van der Waals surface area (Å²) in [4.78, 5) is 19.8. The smallest absolute Gasteiger partial charge is 0.438 e. The molecule has 29 heavy (non-hydrogen) atoms. The lowest BCUT2D eigenvalue weighted by atomic mass is 10.3. The van der Waals surface area contributed by atoms with Crippen LogP contribution in [0.5, 0.6) is 17.8 Å². The first-order valence-electron chi connectivity index (χ1n) is 7.68. The summed E-state index contributed by atoms with van der Waals surface area (Å²) in [6.45, 7) is 0. The average Bonchev–Trinajstić information content (AvgIpc) is 3.08. The van der Waals surface area contributed by atoms with Crippen molar-refractivity contribution < 1.29 is 27.5 Å². The van der Waals surface area contributed by atoms with Crippen molar-refractivity contribution in [1.82, 2.24) is 19.9 Å². The van der Waals surface area contributed by atoms with E-state index in [1.54, 1.807) is 12.1 Å². The summed E-state index contributed by atoms with van der Waals surface area (Å²) in [5, 5.41) is 3.05. The van der Waals surface area contributed by atoms with E-state index in [1.165, 1.54) is 32.7 Å². The van der Waals surface area contributed by atoms with Crippen LogP contribution in [0.25, 0.3) is 10.6 Å². The maximum atomic E-state index is 13.6. The van der Waals surface area contributed by atoms with E-state index >= 15 is 0 Å². The number of methoxy groups -OCH3 is 2. The van der Waals surface area contributed by atoms with Gasteiger partial charge in [-0.15, -0.1) is 11.3 Å². The monoisotopic (exact) mass is 445 g/mol. The van der Waals surface area contributed by atoms with Crippen LogP contribution in [-0.2, 0) is 0 Å². The van der Waals surface area contributed by atoms with E-state index in [0.717, 1.165) is 0 Å². The van der Waals surface area contributed by atoms with Crippen LogP contribution in [0.1, 0.15) is 4.88 Å². The third-order valence-electron chi connectivity index (χ3n) is 3.27. The van der Waals surface area contributed by atoms with E-state index < -0.39 is 22.8 Å². The number of oxime groups is 1. The predicted molar refractivity (Wildman–Crippen MR) is 98.7 cm³/mol. The Kier molecular flexibility index (Phi) is 6.13. The number of pyridine rings is 1. The molecule has 3 rings (SSSR count). The first kappa shape index (κ1) is 20.7. The van der Waals surface area contributed by atoms with Crippen LogP contribution < -0.4 is 14.3 Å². The summed E-state index contributed by atoms with van der Waals surface area (Å²) in [6, 6.07) is 4.08. The number of hydrogen-bond donors (Lipinski definition) is 0. The molecule has 0 radical (unpaired) electrons. The Bertz CT molecular complexity index is 1010. The Labute approximate surface area is 171 Å². The topological polar surface area (TPSA) is 91.6 Å². The second kappa shape index (κ2) is 8.57. The van der Waals surface area contributed by atoms with Gasteiger partial charge in [0.15, 0.2) is 0 Å². The highest BCUT2D eigenvalue weighted by Crippen LogP contribution is 2.35. The van der Waals surface area contributed by atoms with Gasteiger partial charge < -0.3 is 14.3 Å². The molecule has 0 aromatic carbocycles. The standard InChI is InChI=1S/C16H11ClF3N5O3S/c1-26-9-6-10(27-2)23-15(22-9)28-25-12(16(18,19)20)11-13(17)24-14(29-11)8-4-3-5-21-7-8/h3-7H,1-2H3. The van der Waals surface area contributed by atoms with Crippen LogP contribution in [0.3, 0.4) is 0 Å². The number of nitrogens with zero attached hydrogens (tertiary/aromatic N) is 5. The van der Waals surface area contributed by atoms with Crippen LogP contribution in [0.4, 0.5) is 13.2 Å². The van der Waals surface area contributed by atoms with Crippen LogP contribution in [0.15, 0.2) is 35.7 Å². The van der Waals surface area contributed by atoms with E-state index in [2.05, 4.69) is 25.1 Å². The average molecular weight is 446 g/mol. The number of hydrogen-bond acceptors (Lipinski definition) is 9. The second-order valence-corrected chi connectivity index (χ2v) is 6.50. The highest BCUT2D eigenvalue weighted by atomic mass is 35.5. The first-order valence-corrected chi connectivity index (χ1v) is 8.87. The molecule has 0 N–H and O–H groups in total. The zero-order valence-corrected chi connectivity index (χ0v) is 16.3. The molecule has 0 aliphatic rings. The summed E-state index contributed by atoms with van der Waals surface area (Å²) in [6.07, 6.45) is -1.90. The van der Waals surface area contributed by atoms with Crippen molar-refractivity contribution in [3.05, 3.63) is 40.6 Å². The summed E-state index contributed by atoms with van der Waals surface area (Å²) in [7, 11) is 2.63. The Morgan fingerprint density at radius 3 is 2.38 bits per heavy atom. The van der Waals surface area contributed by atoms with Crippen LogP contribution in [-0.4, -0.2) is 46.0 Å². The molecule has 13 heteroatoms. The molecule has 3 aromatic rings. The van der Waals surface area contributed by atoms with Crippen molar-refractivity contribution in [2.45, 2.75) is 6.18 Å². The largest absolute Gasteiger partial charge is 0.481 e. The molecule has 0 fully saturated rings. The lowest BCUT2D eigenvalue weighted by Crippen LogP contribution is -2.24. The Morgan fingerprint density at radius 1 is 1.14 bits per heavy atom. The zero-order valence-electron chi connectivity index (χ0n) is 14.8. The van der Waals surface area contributed by atoms with Gasteiger partial charge in [0.05, 0.1) is 20.3 Å². The summed E-state index contributed by atoms with van der Waals surface area (Å²) >= 11 is 6.64. The molecule has 0 aliphatic carbocycles. The van der Waals surface area contributed by atoms with Gasteiger partial charge in [0.2, 0.25) is 17.5 Å². The number of halogens is 4. The minimum Gasteiger partial charge on any atom is -0.481 e. The lowest BCUT2D eigenvalue weighted by molar-refractivity contribution is -0.0597. The van der Waals surface area contributed by atoms with Gasteiger partial charge in [-0.2, -0.15) is 23.1 Å². The molecule has 3 aromatic heterocycles. The van der Waals surface area contributed by atoms with Gasteiger partial charge in [-0.05, 0) is 12.1 Å². The molecule has 0 bridgehead atoms. The van der Waals surface area contributed by atoms with Crippen molar-refractivity contribution in [2.24, 2.45) is 5.16 Å². The second-order valence-electron chi connectivity index (χ2n) is 5.14. The van der Waals surface area contributed by atoms with Crippen molar-refractivity contribution in [3.8, 4) is 28.3 Å². The van der Waals surface area contributed by atoms with Crippen LogP contribution >= 0.6 is 22.9 Å². The van der Waals surface area contributed by atoms with E-state index in [9.17, 15) is 13.2 Å². The first-order chi connectivity index (χ1) is 13.8. The summed E-state index contributed by atoms with van der Waals surface area (Å²) in [5.41, 5.74) is -0.880. The minimum absolute atomic E-state index is 0.0188. The zero-order chi connectivity index (χ0) is 21.0. The number of aromatic nitrogens is 4. The molecule has 0 amide bonds. The van der Waals surface area contributed by atoms with Gasteiger partial charge in [-0.1, -0.05) is 16.8 Å². The van der Waals surface area contributed by atoms with Gasteiger partial charge >= 0.3 is 12.2 Å². The van der Waals surface area contributed by atoms with Gasteiger partial charge in [-0.3, -0.25) is 4.98 Å². The molecule has 0 unspecified atom stereocenters. The van der Waals surface area contributed by atoms with Gasteiger partial charge in [0.25, 0.3) is 0 Å². The van der Waals surface area contributed by atoms with Gasteiger partial charge in [-0.25, -0.2) is 4.98 Å². The van der Waals surface area contributed by atoms with E-state index in [-0.39, 0.29) is 21.9 Å². The fraction of sp³-hybridized carbons (Fsp3) is 0.188. The molecular weight excluding hydrogens is 435 g/mol. The predicted octanol–water partition coefficient (Wildman–Crippen LogP) is 4.01. The Hall–Kier alpha value is -2.99. The maximum absolute atomic E-state index is 13.6. The third kappa shape index (κ3) is 4.90. The van der Waals surface area contributed by atoms with Crippen LogP contribution in [0, 0.1) is 0 Å². The summed E-state index contributed by atoms with van der Waals surface area (Å²) in [5.74, 6) is 0.0376. The fourth-order valence-corrected chi connectivity index (χ4v) is 3.29. The Morgan fingerprint density at radius 2 is 1.83 bits per heavy atom. The molecule has 8 nitrogen and oxygen atoms in total. The molecule has 0 atom stereocenters. The highest BCUT2D eigenvalue weighted by Gasteiger charge is 2.41. The van der Waals surface area contributed by atoms with Crippen molar-refractivity contribution in [3.63, 3.8) is 0 Å². The summed E-state index contributed by atoms with van der Waals surface area (Å²) < 4.78 is 50.6. The Balaban J connectivity index is 1.99. The van der Waals surface area contributed by atoms with Gasteiger partial charge in [0, 0.05) is 18.0 Å². The van der Waals surface area contributed by atoms with Crippen LogP contribution in [0.2, 0.25) is 5.15 Å². The number of thiazole rings is 1. The SMILES string of the molecule is COc1cc(OC)nc(ON=C(c2sc(-c3cccnc3)nc2Cl)C(F)(F)F)n1. The molecule has 0 aliphatic heterocycles. The number of ether oxygens (including phenoxy) is 2. The van der Waals surface area contributed by atoms with Crippen molar-refractivity contribution in [1.29, 1.82) is 0 Å². The fourth-order valence-electron chi connectivity index (χ4n) is 2.00. The lowest BCUT2D eigenvalue weighted by Gasteiger charge is -2.09. The van der Waals surface area contributed by atoms with E-state index in [4.69, 9.17) is 25.9 Å². The minimum atomic E-state index is -4.88. The normalized spacial score (nSPS) is 12.0. The molecule has 0 spiro atoms. The molecule has 3 heterocycles. The van der Waals surface area contributed by atoms with Gasteiger partial charge in [0.1, 0.15) is 15.0 Å². The quantitative estimate of drug-likeness (QED) is 0.418. The van der Waals surface area contributed by atoms with Crippen molar-refractivity contribution >= 4 is 28.6 Å².